The van der Waals surface area contributed by atoms with Gasteiger partial charge >= 0.3 is 0 Å². The van der Waals surface area contributed by atoms with Crippen molar-refractivity contribution in [2.45, 2.75) is 34.6 Å². The maximum Gasteiger partial charge on any atom is 0.239 e. The zero-order valence-electron chi connectivity index (χ0n) is 14.9. The van der Waals surface area contributed by atoms with Gasteiger partial charge in [0, 0.05) is 11.4 Å². The van der Waals surface area contributed by atoms with Crippen LogP contribution >= 0.6 is 0 Å². The predicted octanol–water partition coefficient (Wildman–Crippen LogP) is 4.22. The normalized spacial score (nSPS) is 11.0. The second-order valence-corrected chi connectivity index (χ2v) is 6.67. The van der Waals surface area contributed by atoms with Crippen molar-refractivity contribution in [1.82, 2.24) is 0 Å². The largest absolute Gasteiger partial charge is 0.325 e. The van der Waals surface area contributed by atoms with E-state index in [9.17, 15) is 9.59 Å². The van der Waals surface area contributed by atoms with Crippen molar-refractivity contribution in [3.8, 4) is 0 Å². The van der Waals surface area contributed by atoms with E-state index in [2.05, 4.69) is 10.6 Å². The average Bonchev–Trinajstić information content (AvgIpc) is 2.51. The highest BCUT2D eigenvalue weighted by molar-refractivity contribution is 6.14. The molecule has 0 atom stereocenters. The molecule has 0 aromatic heterocycles. The molecular formula is C20H24N2O2. The highest BCUT2D eigenvalue weighted by Gasteiger charge is 2.36. The zero-order chi connectivity index (χ0) is 17.9. The summed E-state index contributed by atoms with van der Waals surface area (Å²) in [5.74, 6) is -0.667. The summed E-state index contributed by atoms with van der Waals surface area (Å²) in [4.78, 5) is 25.2. The van der Waals surface area contributed by atoms with Gasteiger partial charge in [-0.15, -0.1) is 0 Å². The Hall–Kier alpha value is -2.62. The van der Waals surface area contributed by atoms with Crippen LogP contribution in [-0.2, 0) is 9.59 Å². The lowest BCUT2D eigenvalue weighted by atomic mass is 9.90. The number of carbonyl (C=O) groups is 2. The van der Waals surface area contributed by atoms with Gasteiger partial charge in [0.2, 0.25) is 11.8 Å². The Bertz CT molecular complexity index is 741. The molecule has 0 spiro atoms. The first-order valence-corrected chi connectivity index (χ1v) is 7.97. The first-order valence-electron chi connectivity index (χ1n) is 7.97. The number of anilines is 2. The topological polar surface area (TPSA) is 58.2 Å². The minimum atomic E-state index is -1.19. The molecule has 0 unspecified atom stereocenters. The molecule has 0 aliphatic heterocycles. The van der Waals surface area contributed by atoms with Crippen LogP contribution in [0, 0.1) is 26.2 Å². The molecule has 0 heterocycles. The van der Waals surface area contributed by atoms with Gasteiger partial charge in [0.15, 0.2) is 0 Å². The molecule has 126 valence electrons. The third-order valence-corrected chi connectivity index (χ3v) is 4.08. The second-order valence-electron chi connectivity index (χ2n) is 6.67. The fourth-order valence-corrected chi connectivity index (χ4v) is 2.56. The molecule has 0 saturated heterocycles. The van der Waals surface area contributed by atoms with Gasteiger partial charge in [-0.05, 0) is 57.9 Å². The average molecular weight is 324 g/mol. The first kappa shape index (κ1) is 17.7. The SMILES string of the molecule is Cc1cc(C)c(NC(=O)C(C)(C)C(=O)Nc2ccccc2)c(C)c1. The van der Waals surface area contributed by atoms with E-state index >= 15 is 0 Å². The molecule has 0 bridgehead atoms. The van der Waals surface area contributed by atoms with Crippen molar-refractivity contribution in [3.05, 3.63) is 59.2 Å². The summed E-state index contributed by atoms with van der Waals surface area (Å²) < 4.78 is 0. The fraction of sp³-hybridized carbons (Fsp3) is 0.300. The van der Waals surface area contributed by atoms with E-state index in [4.69, 9.17) is 0 Å². The highest BCUT2D eigenvalue weighted by atomic mass is 16.2. The van der Waals surface area contributed by atoms with E-state index in [-0.39, 0.29) is 11.8 Å². The van der Waals surface area contributed by atoms with Crippen molar-refractivity contribution < 1.29 is 9.59 Å². The van der Waals surface area contributed by atoms with Crippen LogP contribution in [0.5, 0.6) is 0 Å². The Balaban J connectivity index is 2.17. The van der Waals surface area contributed by atoms with Crippen LogP contribution in [0.15, 0.2) is 42.5 Å². The summed E-state index contributed by atoms with van der Waals surface area (Å²) in [7, 11) is 0. The van der Waals surface area contributed by atoms with Crippen molar-refractivity contribution in [2.24, 2.45) is 5.41 Å². The van der Waals surface area contributed by atoms with Crippen LogP contribution < -0.4 is 10.6 Å². The number of hydrogen-bond acceptors (Lipinski definition) is 2. The predicted molar refractivity (Wildman–Crippen MR) is 98.1 cm³/mol. The van der Waals surface area contributed by atoms with Crippen LogP contribution in [0.1, 0.15) is 30.5 Å². The molecule has 0 aliphatic carbocycles. The summed E-state index contributed by atoms with van der Waals surface area (Å²) >= 11 is 0. The second kappa shape index (κ2) is 6.87. The van der Waals surface area contributed by atoms with E-state index in [1.807, 2.05) is 51.1 Å². The molecule has 4 nitrogen and oxygen atoms in total. The molecule has 0 radical (unpaired) electrons. The highest BCUT2D eigenvalue weighted by Crippen LogP contribution is 2.26. The Morgan fingerprint density at radius 2 is 1.33 bits per heavy atom. The molecule has 0 fully saturated rings. The molecule has 24 heavy (non-hydrogen) atoms. The third-order valence-electron chi connectivity index (χ3n) is 4.08. The van der Waals surface area contributed by atoms with E-state index < -0.39 is 5.41 Å². The van der Waals surface area contributed by atoms with E-state index in [1.54, 1.807) is 26.0 Å². The van der Waals surface area contributed by atoms with E-state index in [0.29, 0.717) is 5.69 Å². The minimum absolute atomic E-state index is 0.328. The summed E-state index contributed by atoms with van der Waals surface area (Å²) in [6.07, 6.45) is 0. The summed E-state index contributed by atoms with van der Waals surface area (Å²) in [5.41, 5.74) is 3.36. The molecule has 0 saturated carbocycles. The number of amides is 2. The molecular weight excluding hydrogens is 300 g/mol. The van der Waals surface area contributed by atoms with Crippen LogP contribution in [0.3, 0.4) is 0 Å². The van der Waals surface area contributed by atoms with Gasteiger partial charge in [-0.3, -0.25) is 9.59 Å². The molecule has 2 rings (SSSR count). The van der Waals surface area contributed by atoms with Crippen molar-refractivity contribution >= 4 is 23.2 Å². The summed E-state index contributed by atoms with van der Waals surface area (Å²) in [6.45, 7) is 9.17. The first-order chi connectivity index (χ1) is 11.2. The van der Waals surface area contributed by atoms with Gasteiger partial charge < -0.3 is 10.6 Å². The van der Waals surface area contributed by atoms with E-state index in [0.717, 1.165) is 22.4 Å². The van der Waals surface area contributed by atoms with Crippen LogP contribution in [-0.4, -0.2) is 11.8 Å². The number of benzene rings is 2. The maximum absolute atomic E-state index is 12.7. The van der Waals surface area contributed by atoms with E-state index in [1.165, 1.54) is 0 Å². The molecule has 2 aromatic rings. The smallest absolute Gasteiger partial charge is 0.239 e. The van der Waals surface area contributed by atoms with Gasteiger partial charge in [0.05, 0.1) is 0 Å². The maximum atomic E-state index is 12.7. The number of nitrogens with one attached hydrogen (secondary N) is 2. The number of para-hydroxylation sites is 1. The summed E-state index contributed by atoms with van der Waals surface area (Å²) in [6, 6.07) is 13.2. The van der Waals surface area contributed by atoms with Gasteiger partial charge in [-0.2, -0.15) is 0 Å². The number of carbonyl (C=O) groups excluding carboxylic acids is 2. The summed E-state index contributed by atoms with van der Waals surface area (Å²) in [5, 5.41) is 5.70. The monoisotopic (exact) mass is 324 g/mol. The molecule has 4 heteroatoms. The van der Waals surface area contributed by atoms with Crippen molar-refractivity contribution in [1.29, 1.82) is 0 Å². The van der Waals surface area contributed by atoms with Gasteiger partial charge in [-0.1, -0.05) is 35.9 Å². The van der Waals surface area contributed by atoms with Crippen molar-refractivity contribution in [3.63, 3.8) is 0 Å². The quantitative estimate of drug-likeness (QED) is 0.828. The Morgan fingerprint density at radius 1 is 0.833 bits per heavy atom. The van der Waals surface area contributed by atoms with Gasteiger partial charge in [0.25, 0.3) is 0 Å². The number of rotatable bonds is 4. The van der Waals surface area contributed by atoms with Crippen LogP contribution in [0.2, 0.25) is 0 Å². The molecule has 0 aliphatic rings. The number of hydrogen-bond donors (Lipinski definition) is 2. The third kappa shape index (κ3) is 3.82. The minimum Gasteiger partial charge on any atom is -0.325 e. The Kier molecular flexibility index (Phi) is 5.07. The van der Waals surface area contributed by atoms with Gasteiger partial charge in [0.1, 0.15) is 5.41 Å². The molecule has 2 amide bonds. The Morgan fingerprint density at radius 3 is 1.88 bits per heavy atom. The zero-order valence-corrected chi connectivity index (χ0v) is 14.9. The Labute approximate surface area is 143 Å². The standard InChI is InChI=1S/C20H24N2O2/c1-13-11-14(2)17(15(3)12-13)22-19(24)20(4,5)18(23)21-16-9-7-6-8-10-16/h6-12H,1-5H3,(H,21,23)(H,22,24). The fourth-order valence-electron chi connectivity index (χ4n) is 2.56. The van der Waals surface area contributed by atoms with Crippen LogP contribution in [0.25, 0.3) is 0 Å². The van der Waals surface area contributed by atoms with Gasteiger partial charge in [-0.25, -0.2) is 0 Å². The lowest BCUT2D eigenvalue weighted by Crippen LogP contribution is -2.41. The number of aryl methyl sites for hydroxylation is 3. The molecule has 2 N–H and O–H groups in total. The van der Waals surface area contributed by atoms with Crippen molar-refractivity contribution in [2.75, 3.05) is 10.6 Å². The lowest BCUT2D eigenvalue weighted by Gasteiger charge is -2.24. The lowest BCUT2D eigenvalue weighted by molar-refractivity contribution is -0.135. The van der Waals surface area contributed by atoms with Crippen LogP contribution in [0.4, 0.5) is 11.4 Å². The molecule has 2 aromatic carbocycles.